The first kappa shape index (κ1) is 12.8. The van der Waals surface area contributed by atoms with E-state index < -0.39 is 16.8 Å². The van der Waals surface area contributed by atoms with Crippen LogP contribution in [0.3, 0.4) is 0 Å². The van der Waals surface area contributed by atoms with E-state index in [0.717, 1.165) is 5.69 Å². The minimum Gasteiger partial charge on any atom is -0.478 e. The Morgan fingerprint density at radius 3 is 2.81 bits per heavy atom. The third-order valence-electron chi connectivity index (χ3n) is 1.94. The summed E-state index contributed by atoms with van der Waals surface area (Å²) in [6, 6.07) is 3.18. The largest absolute Gasteiger partial charge is 0.478 e. The molecule has 1 aromatic heterocycles. The molecule has 0 amide bonds. The van der Waals surface area contributed by atoms with Gasteiger partial charge in [0.25, 0.3) is 0 Å². The molecule has 0 bridgehead atoms. The number of pyridine rings is 1. The molecule has 2 N–H and O–H groups in total. The van der Waals surface area contributed by atoms with Crippen molar-refractivity contribution in [1.29, 1.82) is 0 Å². The van der Waals surface area contributed by atoms with Crippen LogP contribution < -0.4 is 5.32 Å². The number of nitrogens with zero attached hydrogens (tertiary/aromatic N) is 1. The molecule has 1 aromatic rings. The summed E-state index contributed by atoms with van der Waals surface area (Å²) < 4.78 is 10.8. The van der Waals surface area contributed by atoms with E-state index in [0.29, 0.717) is 18.8 Å². The van der Waals surface area contributed by atoms with Crippen LogP contribution in [0.25, 0.3) is 0 Å². The quantitative estimate of drug-likeness (QED) is 0.699. The average Bonchev–Trinajstić information content (AvgIpc) is 2.25. The molecule has 1 unspecified atom stereocenters. The average molecular weight is 242 g/mol. The second-order valence-corrected chi connectivity index (χ2v) is 4.85. The van der Waals surface area contributed by atoms with Gasteiger partial charge in [0.15, 0.2) is 0 Å². The third-order valence-corrected chi connectivity index (χ3v) is 2.72. The summed E-state index contributed by atoms with van der Waals surface area (Å²) in [5.74, 6) is -0.374. The Morgan fingerprint density at radius 1 is 1.56 bits per heavy atom. The zero-order chi connectivity index (χ0) is 12.0. The number of hydrogen-bond acceptors (Lipinski definition) is 4. The maximum Gasteiger partial charge on any atom is 0.337 e. The van der Waals surface area contributed by atoms with Crippen molar-refractivity contribution >= 4 is 16.8 Å². The Kier molecular flexibility index (Phi) is 5.07. The molecular weight excluding hydrogens is 228 g/mol. The van der Waals surface area contributed by atoms with E-state index >= 15 is 0 Å². The van der Waals surface area contributed by atoms with Crippen molar-refractivity contribution in [1.82, 2.24) is 10.3 Å². The summed E-state index contributed by atoms with van der Waals surface area (Å²) in [4.78, 5) is 14.6. The van der Waals surface area contributed by atoms with Gasteiger partial charge in [-0.15, -0.1) is 0 Å². The van der Waals surface area contributed by atoms with E-state index in [9.17, 15) is 9.00 Å². The Bertz CT molecular complexity index is 378. The summed E-state index contributed by atoms with van der Waals surface area (Å²) >= 11 is 0. The SMILES string of the molecule is CS(=O)CCNCc1ccc(C(=O)O)cn1. The summed E-state index contributed by atoms with van der Waals surface area (Å²) in [6.45, 7) is 1.21. The van der Waals surface area contributed by atoms with Crippen molar-refractivity contribution in [2.24, 2.45) is 0 Å². The molecule has 0 aliphatic rings. The summed E-state index contributed by atoms with van der Waals surface area (Å²) in [5, 5.41) is 11.7. The van der Waals surface area contributed by atoms with Gasteiger partial charge in [0.2, 0.25) is 0 Å². The number of aromatic carboxylic acids is 1. The Morgan fingerprint density at radius 2 is 2.31 bits per heavy atom. The monoisotopic (exact) mass is 242 g/mol. The van der Waals surface area contributed by atoms with Gasteiger partial charge in [-0.05, 0) is 12.1 Å². The molecule has 0 aliphatic heterocycles. The topological polar surface area (TPSA) is 79.3 Å². The zero-order valence-corrected chi connectivity index (χ0v) is 9.79. The molecule has 6 heteroatoms. The molecule has 0 aliphatic carbocycles. The van der Waals surface area contributed by atoms with Gasteiger partial charge >= 0.3 is 5.97 Å². The van der Waals surface area contributed by atoms with Crippen LogP contribution in [0.4, 0.5) is 0 Å². The van der Waals surface area contributed by atoms with Crippen LogP contribution in [0, 0.1) is 0 Å². The van der Waals surface area contributed by atoms with Crippen LogP contribution in [-0.2, 0) is 17.3 Å². The van der Waals surface area contributed by atoms with Gasteiger partial charge in [0.1, 0.15) is 0 Å². The van der Waals surface area contributed by atoms with Gasteiger partial charge < -0.3 is 10.4 Å². The van der Waals surface area contributed by atoms with Gasteiger partial charge in [-0.2, -0.15) is 0 Å². The van der Waals surface area contributed by atoms with Crippen molar-refractivity contribution in [3.63, 3.8) is 0 Å². The molecule has 0 saturated heterocycles. The van der Waals surface area contributed by atoms with E-state index in [1.807, 2.05) is 0 Å². The summed E-state index contributed by atoms with van der Waals surface area (Å²) in [5.41, 5.74) is 0.949. The van der Waals surface area contributed by atoms with Gasteiger partial charge in [-0.25, -0.2) is 4.79 Å². The van der Waals surface area contributed by atoms with Gasteiger partial charge in [-0.3, -0.25) is 9.19 Å². The minimum atomic E-state index is -0.978. The second kappa shape index (κ2) is 6.34. The second-order valence-electron chi connectivity index (χ2n) is 3.30. The molecule has 5 nitrogen and oxygen atoms in total. The van der Waals surface area contributed by atoms with Crippen molar-refractivity contribution in [3.05, 3.63) is 29.6 Å². The fourth-order valence-electron chi connectivity index (χ4n) is 1.09. The maximum absolute atomic E-state index is 10.8. The highest BCUT2D eigenvalue weighted by atomic mass is 32.2. The molecule has 1 atom stereocenters. The van der Waals surface area contributed by atoms with Gasteiger partial charge in [0, 0.05) is 42.1 Å². The molecule has 0 fully saturated rings. The highest BCUT2D eigenvalue weighted by Crippen LogP contribution is 1.99. The fourth-order valence-corrected chi connectivity index (χ4v) is 1.52. The summed E-state index contributed by atoms with van der Waals surface area (Å²) in [7, 11) is -0.794. The number of nitrogens with one attached hydrogen (secondary N) is 1. The van der Waals surface area contributed by atoms with Crippen LogP contribution in [0.15, 0.2) is 18.3 Å². The van der Waals surface area contributed by atoms with Crippen LogP contribution in [0.1, 0.15) is 16.1 Å². The van der Waals surface area contributed by atoms with E-state index in [1.54, 1.807) is 12.3 Å². The van der Waals surface area contributed by atoms with E-state index in [4.69, 9.17) is 5.11 Å². The number of carbonyl (C=O) groups is 1. The molecule has 0 saturated carbocycles. The van der Waals surface area contributed by atoms with E-state index in [2.05, 4.69) is 10.3 Å². The van der Waals surface area contributed by atoms with Crippen LogP contribution in [0.5, 0.6) is 0 Å². The lowest BCUT2D eigenvalue weighted by atomic mass is 10.2. The van der Waals surface area contributed by atoms with Crippen LogP contribution in [-0.4, -0.2) is 38.8 Å². The lowest BCUT2D eigenvalue weighted by molar-refractivity contribution is 0.0696. The third kappa shape index (κ3) is 4.50. The first-order chi connectivity index (χ1) is 7.59. The van der Waals surface area contributed by atoms with Crippen molar-refractivity contribution in [2.45, 2.75) is 6.54 Å². The zero-order valence-electron chi connectivity index (χ0n) is 8.97. The van der Waals surface area contributed by atoms with Crippen molar-refractivity contribution < 1.29 is 14.1 Å². The maximum atomic E-state index is 10.8. The fraction of sp³-hybridized carbons (Fsp3) is 0.400. The van der Waals surface area contributed by atoms with E-state index in [-0.39, 0.29) is 5.56 Å². The first-order valence-electron chi connectivity index (χ1n) is 4.78. The smallest absolute Gasteiger partial charge is 0.337 e. The van der Waals surface area contributed by atoms with Crippen LogP contribution >= 0.6 is 0 Å². The lowest BCUT2D eigenvalue weighted by Gasteiger charge is -2.03. The lowest BCUT2D eigenvalue weighted by Crippen LogP contribution is -2.20. The molecule has 0 aromatic carbocycles. The number of carboxylic acid groups (broad SMARTS) is 1. The number of aromatic nitrogens is 1. The molecule has 0 spiro atoms. The molecule has 88 valence electrons. The number of carboxylic acids is 1. The van der Waals surface area contributed by atoms with Crippen LogP contribution in [0.2, 0.25) is 0 Å². The molecule has 0 radical (unpaired) electrons. The predicted molar refractivity (Wildman–Crippen MR) is 61.8 cm³/mol. The molecule has 1 rings (SSSR count). The van der Waals surface area contributed by atoms with Gasteiger partial charge in [-0.1, -0.05) is 0 Å². The molecule has 16 heavy (non-hydrogen) atoms. The molecular formula is C10H14N2O3S. The Hall–Kier alpha value is -1.27. The molecule has 1 heterocycles. The standard InChI is InChI=1S/C10H14N2O3S/c1-16(15)5-4-11-7-9-3-2-8(6-12-9)10(13)14/h2-3,6,11H,4-5,7H2,1H3,(H,13,14). The number of hydrogen-bond donors (Lipinski definition) is 2. The Labute approximate surface area is 96.4 Å². The summed E-state index contributed by atoms with van der Waals surface area (Å²) in [6.07, 6.45) is 2.99. The highest BCUT2D eigenvalue weighted by Gasteiger charge is 2.02. The predicted octanol–water partition coefficient (Wildman–Crippen LogP) is 0.248. The normalized spacial score (nSPS) is 12.3. The van der Waals surface area contributed by atoms with Crippen molar-refractivity contribution in [2.75, 3.05) is 18.6 Å². The first-order valence-corrected chi connectivity index (χ1v) is 6.51. The van der Waals surface area contributed by atoms with E-state index in [1.165, 1.54) is 12.3 Å². The van der Waals surface area contributed by atoms with Crippen molar-refractivity contribution in [3.8, 4) is 0 Å². The number of rotatable bonds is 6. The Balaban J connectivity index is 2.38. The van der Waals surface area contributed by atoms with Gasteiger partial charge in [0.05, 0.1) is 11.3 Å². The highest BCUT2D eigenvalue weighted by molar-refractivity contribution is 7.84. The minimum absolute atomic E-state index is 0.179.